The maximum atomic E-state index is 5.45. The zero-order valence-electron chi connectivity index (χ0n) is 8.87. The molecule has 1 fully saturated rings. The van der Waals surface area contributed by atoms with Crippen LogP contribution >= 0.6 is 12.2 Å². The summed E-state index contributed by atoms with van der Waals surface area (Å²) in [5.74, 6) is 0. The van der Waals surface area contributed by atoms with E-state index in [4.69, 9.17) is 22.7 Å². The van der Waals surface area contributed by atoms with Crippen LogP contribution in [0.15, 0.2) is 0 Å². The Bertz CT molecular complexity index is 181. The number of nitrogens with two attached hydrogens (primary N) is 1. The van der Waals surface area contributed by atoms with Gasteiger partial charge in [0.15, 0.2) is 0 Å². The predicted octanol–water partition coefficient (Wildman–Crippen LogP) is 1.16. The molecule has 0 unspecified atom stereocenters. The molecular formula is C10H20N2OS. The summed E-state index contributed by atoms with van der Waals surface area (Å²) in [6.07, 6.45) is 4.25. The molecule has 4 heteroatoms. The third-order valence-electron chi connectivity index (χ3n) is 2.75. The molecule has 14 heavy (non-hydrogen) atoms. The Kier molecular flexibility index (Phi) is 5.37. The minimum Gasteiger partial charge on any atom is -0.393 e. The summed E-state index contributed by atoms with van der Waals surface area (Å²) in [6, 6.07) is 0.690. The molecule has 0 spiro atoms. The molecule has 0 aromatic heterocycles. The van der Waals surface area contributed by atoms with E-state index in [0.717, 1.165) is 45.4 Å². The van der Waals surface area contributed by atoms with E-state index in [2.05, 4.69) is 11.9 Å². The zero-order valence-corrected chi connectivity index (χ0v) is 9.68. The molecule has 1 rings (SSSR count). The first-order valence-electron chi connectivity index (χ1n) is 5.26. The van der Waals surface area contributed by atoms with Crippen LogP contribution in [-0.2, 0) is 4.74 Å². The summed E-state index contributed by atoms with van der Waals surface area (Å²) < 4.78 is 5.33. The van der Waals surface area contributed by atoms with Crippen molar-refractivity contribution in [3.63, 3.8) is 0 Å². The molecule has 0 saturated carbocycles. The van der Waals surface area contributed by atoms with Gasteiger partial charge in [-0.25, -0.2) is 0 Å². The highest BCUT2D eigenvalue weighted by Crippen LogP contribution is 2.13. The van der Waals surface area contributed by atoms with Crippen molar-refractivity contribution in [3.8, 4) is 0 Å². The van der Waals surface area contributed by atoms with Crippen LogP contribution in [0.4, 0.5) is 0 Å². The lowest BCUT2D eigenvalue weighted by Crippen LogP contribution is -2.37. The molecule has 1 saturated heterocycles. The van der Waals surface area contributed by atoms with Crippen molar-refractivity contribution in [2.75, 3.05) is 26.8 Å². The second kappa shape index (κ2) is 6.32. The molecule has 82 valence electrons. The van der Waals surface area contributed by atoms with Crippen molar-refractivity contribution >= 4 is 17.2 Å². The van der Waals surface area contributed by atoms with Gasteiger partial charge in [0.05, 0.1) is 4.99 Å². The Morgan fingerprint density at radius 2 is 2.14 bits per heavy atom. The standard InChI is InChI=1S/C10H20N2OS/c1-12(6-2-3-10(11)14)9-4-7-13-8-5-9/h9H,2-8H2,1H3,(H2,11,14). The highest BCUT2D eigenvalue weighted by Gasteiger charge is 2.17. The average molecular weight is 216 g/mol. The Morgan fingerprint density at radius 1 is 1.50 bits per heavy atom. The van der Waals surface area contributed by atoms with E-state index in [1.807, 2.05) is 0 Å². The van der Waals surface area contributed by atoms with E-state index >= 15 is 0 Å². The SMILES string of the molecule is CN(CCCC(N)=S)C1CCOCC1. The molecule has 0 aliphatic carbocycles. The van der Waals surface area contributed by atoms with E-state index in [0.29, 0.717) is 11.0 Å². The number of ether oxygens (including phenoxy) is 1. The number of rotatable bonds is 5. The largest absolute Gasteiger partial charge is 0.393 e. The quantitative estimate of drug-likeness (QED) is 0.700. The molecule has 0 aromatic carbocycles. The first-order chi connectivity index (χ1) is 6.70. The second-order valence-corrected chi connectivity index (χ2v) is 4.42. The Balaban J connectivity index is 2.13. The predicted molar refractivity (Wildman–Crippen MR) is 62.5 cm³/mol. The highest BCUT2D eigenvalue weighted by atomic mass is 32.1. The van der Waals surface area contributed by atoms with Gasteiger partial charge in [0.1, 0.15) is 0 Å². The highest BCUT2D eigenvalue weighted by molar-refractivity contribution is 7.80. The first-order valence-corrected chi connectivity index (χ1v) is 5.67. The molecular weight excluding hydrogens is 196 g/mol. The molecule has 1 aliphatic rings. The number of thiocarbonyl (C=S) groups is 1. The average Bonchev–Trinajstić information content (AvgIpc) is 2.18. The van der Waals surface area contributed by atoms with Gasteiger partial charge in [0, 0.05) is 19.3 Å². The van der Waals surface area contributed by atoms with Crippen molar-refractivity contribution in [1.82, 2.24) is 4.90 Å². The Labute approximate surface area is 91.6 Å². The normalized spacial score (nSPS) is 18.7. The number of nitrogens with zero attached hydrogens (tertiary/aromatic N) is 1. The number of hydrogen-bond acceptors (Lipinski definition) is 3. The van der Waals surface area contributed by atoms with Gasteiger partial charge >= 0.3 is 0 Å². The third kappa shape index (κ3) is 4.35. The summed E-state index contributed by atoms with van der Waals surface area (Å²) in [6.45, 7) is 2.90. The van der Waals surface area contributed by atoms with Gasteiger partial charge in [-0.2, -0.15) is 0 Å². The van der Waals surface area contributed by atoms with Gasteiger partial charge in [0.2, 0.25) is 0 Å². The molecule has 0 aromatic rings. The van der Waals surface area contributed by atoms with E-state index in [1.54, 1.807) is 0 Å². The molecule has 2 N–H and O–H groups in total. The van der Waals surface area contributed by atoms with Gasteiger partial charge in [-0.15, -0.1) is 0 Å². The maximum absolute atomic E-state index is 5.45. The van der Waals surface area contributed by atoms with Crippen LogP contribution in [0.25, 0.3) is 0 Å². The summed E-state index contributed by atoms with van der Waals surface area (Å²) in [5.41, 5.74) is 5.45. The molecule has 0 amide bonds. The molecule has 0 radical (unpaired) electrons. The van der Waals surface area contributed by atoms with Crippen molar-refractivity contribution in [2.24, 2.45) is 5.73 Å². The van der Waals surface area contributed by atoms with Crippen molar-refractivity contribution in [1.29, 1.82) is 0 Å². The van der Waals surface area contributed by atoms with Crippen LogP contribution in [0.5, 0.6) is 0 Å². The Hall–Kier alpha value is -0.190. The van der Waals surface area contributed by atoms with Crippen molar-refractivity contribution in [3.05, 3.63) is 0 Å². The first kappa shape index (κ1) is 11.9. The summed E-state index contributed by atoms with van der Waals surface area (Å²) in [7, 11) is 2.18. The molecule has 0 bridgehead atoms. The monoisotopic (exact) mass is 216 g/mol. The van der Waals surface area contributed by atoms with Crippen LogP contribution in [0.1, 0.15) is 25.7 Å². The van der Waals surface area contributed by atoms with Gasteiger partial charge in [0.25, 0.3) is 0 Å². The minimum absolute atomic E-state index is 0.630. The topological polar surface area (TPSA) is 38.5 Å². The fourth-order valence-corrected chi connectivity index (χ4v) is 1.96. The van der Waals surface area contributed by atoms with Crippen LogP contribution in [0.2, 0.25) is 0 Å². The van der Waals surface area contributed by atoms with E-state index in [1.165, 1.54) is 0 Å². The van der Waals surface area contributed by atoms with E-state index in [9.17, 15) is 0 Å². The van der Waals surface area contributed by atoms with Crippen LogP contribution in [-0.4, -0.2) is 42.7 Å². The summed E-state index contributed by atoms with van der Waals surface area (Å²) >= 11 is 4.84. The van der Waals surface area contributed by atoms with Crippen LogP contribution < -0.4 is 5.73 Å². The molecule has 1 aliphatic heterocycles. The van der Waals surface area contributed by atoms with Gasteiger partial charge in [-0.05, 0) is 39.3 Å². The lowest BCUT2D eigenvalue weighted by atomic mass is 10.1. The molecule has 0 atom stereocenters. The molecule has 1 heterocycles. The smallest absolute Gasteiger partial charge is 0.0727 e. The fraction of sp³-hybridized carbons (Fsp3) is 0.900. The molecule has 3 nitrogen and oxygen atoms in total. The zero-order chi connectivity index (χ0) is 10.4. The van der Waals surface area contributed by atoms with Crippen LogP contribution in [0, 0.1) is 0 Å². The summed E-state index contributed by atoms with van der Waals surface area (Å²) in [5, 5.41) is 0. The third-order valence-corrected chi connectivity index (χ3v) is 2.95. The van der Waals surface area contributed by atoms with Crippen molar-refractivity contribution < 1.29 is 4.74 Å². The van der Waals surface area contributed by atoms with E-state index < -0.39 is 0 Å². The van der Waals surface area contributed by atoms with Crippen molar-refractivity contribution in [2.45, 2.75) is 31.7 Å². The lowest BCUT2D eigenvalue weighted by Gasteiger charge is -2.31. The fourth-order valence-electron chi connectivity index (χ4n) is 1.81. The van der Waals surface area contributed by atoms with Crippen LogP contribution in [0.3, 0.4) is 0 Å². The number of hydrogen-bond donors (Lipinski definition) is 1. The van der Waals surface area contributed by atoms with Gasteiger partial charge < -0.3 is 15.4 Å². The minimum atomic E-state index is 0.630. The lowest BCUT2D eigenvalue weighted by molar-refractivity contribution is 0.0429. The maximum Gasteiger partial charge on any atom is 0.0727 e. The van der Waals surface area contributed by atoms with Gasteiger partial charge in [-0.1, -0.05) is 12.2 Å². The summed E-state index contributed by atoms with van der Waals surface area (Å²) in [4.78, 5) is 3.03. The Morgan fingerprint density at radius 3 is 2.71 bits per heavy atom. The van der Waals surface area contributed by atoms with Gasteiger partial charge in [-0.3, -0.25) is 0 Å². The second-order valence-electron chi connectivity index (χ2n) is 3.89. The van der Waals surface area contributed by atoms with E-state index in [-0.39, 0.29) is 0 Å².